The molecule has 0 aliphatic rings. The highest BCUT2D eigenvalue weighted by Gasteiger charge is 2.31. The second-order valence-electron chi connectivity index (χ2n) is 6.04. The molecule has 0 aliphatic carbocycles. The molecule has 0 radical (unpaired) electrons. The number of hydrogen-bond acceptors (Lipinski definition) is 3. The highest BCUT2D eigenvalue weighted by atomic mass is 35.5. The first kappa shape index (κ1) is 21.6. The Bertz CT molecular complexity index is 1100. The van der Waals surface area contributed by atoms with Gasteiger partial charge in [-0.2, -0.15) is 13.2 Å². The van der Waals surface area contributed by atoms with Crippen molar-refractivity contribution in [2.45, 2.75) is 6.18 Å². The summed E-state index contributed by atoms with van der Waals surface area (Å²) in [5, 5.41) is 4.65. The van der Waals surface area contributed by atoms with Crippen molar-refractivity contribution in [1.29, 1.82) is 0 Å². The number of thiocarbonyl (C=S) groups is 1. The van der Waals surface area contributed by atoms with Crippen molar-refractivity contribution in [2.24, 2.45) is 0 Å². The zero-order valence-electron chi connectivity index (χ0n) is 15.2. The Labute approximate surface area is 180 Å². The van der Waals surface area contributed by atoms with Gasteiger partial charge >= 0.3 is 6.18 Å². The predicted octanol–water partition coefficient (Wildman–Crippen LogP) is 6.15. The van der Waals surface area contributed by atoms with E-state index in [0.29, 0.717) is 11.5 Å². The number of alkyl halides is 3. The van der Waals surface area contributed by atoms with Crippen LogP contribution in [-0.4, -0.2) is 11.0 Å². The van der Waals surface area contributed by atoms with Gasteiger partial charge in [-0.1, -0.05) is 41.9 Å². The molecule has 0 fully saturated rings. The van der Waals surface area contributed by atoms with Crippen molar-refractivity contribution < 1.29 is 22.4 Å². The molecule has 2 N–H and O–H groups in total. The Kier molecular flexibility index (Phi) is 6.59. The molecule has 0 saturated carbocycles. The van der Waals surface area contributed by atoms with Crippen LogP contribution in [0.5, 0.6) is 0 Å². The fourth-order valence-corrected chi connectivity index (χ4v) is 2.84. The number of amides is 1. The first-order valence-corrected chi connectivity index (χ1v) is 9.33. The van der Waals surface area contributed by atoms with E-state index in [1.54, 1.807) is 12.1 Å². The first-order chi connectivity index (χ1) is 14.2. The Balaban J connectivity index is 1.60. The van der Waals surface area contributed by atoms with Gasteiger partial charge in [0, 0.05) is 11.6 Å². The molecule has 1 amide bonds. The van der Waals surface area contributed by atoms with E-state index < -0.39 is 17.6 Å². The van der Waals surface area contributed by atoms with Crippen molar-refractivity contribution in [1.82, 2.24) is 5.32 Å². The second-order valence-corrected chi connectivity index (χ2v) is 6.85. The number of benzene rings is 2. The van der Waals surface area contributed by atoms with E-state index in [4.69, 9.17) is 28.2 Å². The van der Waals surface area contributed by atoms with Gasteiger partial charge in [0.1, 0.15) is 11.5 Å². The minimum Gasteiger partial charge on any atom is -0.457 e. The number of anilines is 1. The topological polar surface area (TPSA) is 54.3 Å². The summed E-state index contributed by atoms with van der Waals surface area (Å²) < 4.78 is 44.1. The molecule has 3 rings (SSSR count). The van der Waals surface area contributed by atoms with Crippen molar-refractivity contribution in [2.75, 3.05) is 5.32 Å². The second kappa shape index (κ2) is 9.15. The third kappa shape index (κ3) is 5.71. The number of rotatable bonds is 4. The lowest BCUT2D eigenvalue weighted by Crippen LogP contribution is -2.33. The molecular weight excluding hydrogens is 437 g/mol. The van der Waals surface area contributed by atoms with Gasteiger partial charge < -0.3 is 9.73 Å². The maximum Gasteiger partial charge on any atom is 0.416 e. The molecule has 154 valence electrons. The van der Waals surface area contributed by atoms with E-state index in [9.17, 15) is 18.0 Å². The summed E-state index contributed by atoms with van der Waals surface area (Å²) in [5.74, 6) is 0.504. The smallest absolute Gasteiger partial charge is 0.416 e. The van der Waals surface area contributed by atoms with Gasteiger partial charge in [0.25, 0.3) is 0 Å². The maximum atomic E-state index is 12.8. The summed E-state index contributed by atoms with van der Waals surface area (Å²) in [6, 6.07) is 15.7. The van der Waals surface area contributed by atoms with Crippen molar-refractivity contribution >= 4 is 46.6 Å². The summed E-state index contributed by atoms with van der Waals surface area (Å²) in [7, 11) is 0. The molecule has 0 spiro atoms. The van der Waals surface area contributed by atoms with E-state index in [1.165, 1.54) is 12.2 Å². The molecule has 30 heavy (non-hydrogen) atoms. The highest BCUT2D eigenvalue weighted by Crippen LogP contribution is 2.33. The van der Waals surface area contributed by atoms with Crippen LogP contribution < -0.4 is 10.6 Å². The summed E-state index contributed by atoms with van der Waals surface area (Å²) in [5.41, 5.74) is -0.0697. The summed E-state index contributed by atoms with van der Waals surface area (Å²) in [6.07, 6.45) is -1.90. The number of halogens is 4. The normalized spacial score (nSPS) is 11.5. The zero-order valence-corrected chi connectivity index (χ0v) is 16.7. The molecule has 0 saturated heterocycles. The number of carbonyl (C=O) groups is 1. The van der Waals surface area contributed by atoms with Crippen molar-refractivity contribution in [3.63, 3.8) is 0 Å². The van der Waals surface area contributed by atoms with Crippen LogP contribution in [0.25, 0.3) is 17.4 Å². The highest BCUT2D eigenvalue weighted by molar-refractivity contribution is 7.80. The molecule has 0 bridgehead atoms. The van der Waals surface area contributed by atoms with Gasteiger partial charge in [-0.15, -0.1) is 0 Å². The molecule has 0 atom stereocenters. The van der Waals surface area contributed by atoms with Gasteiger partial charge in [0.05, 0.1) is 16.3 Å². The van der Waals surface area contributed by atoms with Gasteiger partial charge in [-0.3, -0.25) is 10.1 Å². The number of hydrogen-bond donors (Lipinski definition) is 2. The standard InChI is InChI=1S/C21H14ClF3N2O2S/c22-16-9-6-14(21(23,24)25)12-17(16)26-20(30)27-19(28)11-8-15-7-10-18(29-15)13-4-2-1-3-5-13/h1-12H,(H2,26,27,28,30)/b11-8+. The van der Waals surface area contributed by atoms with Crippen LogP contribution in [0.3, 0.4) is 0 Å². The molecule has 3 aromatic rings. The lowest BCUT2D eigenvalue weighted by atomic mass is 10.2. The number of furan rings is 1. The van der Waals surface area contributed by atoms with Gasteiger partial charge in [-0.05, 0) is 48.6 Å². The zero-order chi connectivity index (χ0) is 21.7. The van der Waals surface area contributed by atoms with Crippen LogP contribution in [0.15, 0.2) is 71.2 Å². The minimum atomic E-state index is -4.53. The Morgan fingerprint density at radius 3 is 2.50 bits per heavy atom. The largest absolute Gasteiger partial charge is 0.457 e. The third-order valence-electron chi connectivity index (χ3n) is 3.86. The predicted molar refractivity (Wildman–Crippen MR) is 114 cm³/mol. The maximum absolute atomic E-state index is 12.8. The van der Waals surface area contributed by atoms with Gasteiger partial charge in [-0.25, -0.2) is 0 Å². The van der Waals surface area contributed by atoms with Crippen LogP contribution in [0, 0.1) is 0 Å². The fourth-order valence-electron chi connectivity index (χ4n) is 2.46. The van der Waals surface area contributed by atoms with E-state index >= 15 is 0 Å². The molecule has 4 nitrogen and oxygen atoms in total. The van der Waals surface area contributed by atoms with Crippen LogP contribution in [0.4, 0.5) is 18.9 Å². The lowest BCUT2D eigenvalue weighted by Gasteiger charge is -2.13. The Morgan fingerprint density at radius 2 is 1.80 bits per heavy atom. The van der Waals surface area contributed by atoms with E-state index in [2.05, 4.69) is 10.6 Å². The monoisotopic (exact) mass is 450 g/mol. The quantitative estimate of drug-likeness (QED) is 0.370. The molecular formula is C21H14ClF3N2O2S. The minimum absolute atomic E-state index is 0.0270. The van der Waals surface area contributed by atoms with E-state index in [0.717, 1.165) is 23.8 Å². The van der Waals surface area contributed by atoms with E-state index in [1.807, 2.05) is 30.3 Å². The van der Waals surface area contributed by atoms with Crippen LogP contribution in [0.1, 0.15) is 11.3 Å². The fraction of sp³-hybridized carbons (Fsp3) is 0.0476. The van der Waals surface area contributed by atoms with Crippen LogP contribution >= 0.6 is 23.8 Å². The average Bonchev–Trinajstić information content (AvgIpc) is 3.17. The first-order valence-electron chi connectivity index (χ1n) is 8.54. The molecule has 2 aromatic carbocycles. The lowest BCUT2D eigenvalue weighted by molar-refractivity contribution is -0.137. The summed E-state index contributed by atoms with van der Waals surface area (Å²) >= 11 is 10.9. The van der Waals surface area contributed by atoms with Crippen LogP contribution in [-0.2, 0) is 11.0 Å². The average molecular weight is 451 g/mol. The van der Waals surface area contributed by atoms with Gasteiger partial charge in [0.2, 0.25) is 5.91 Å². The van der Waals surface area contributed by atoms with Gasteiger partial charge in [0.15, 0.2) is 5.11 Å². The third-order valence-corrected chi connectivity index (χ3v) is 4.40. The van der Waals surface area contributed by atoms with Crippen LogP contribution in [0.2, 0.25) is 5.02 Å². The molecule has 1 aromatic heterocycles. The Hall–Kier alpha value is -3.10. The Morgan fingerprint density at radius 1 is 1.07 bits per heavy atom. The van der Waals surface area contributed by atoms with E-state index in [-0.39, 0.29) is 15.8 Å². The molecule has 1 heterocycles. The summed E-state index contributed by atoms with van der Waals surface area (Å²) in [6.45, 7) is 0. The molecule has 9 heteroatoms. The van der Waals surface area contributed by atoms with Crippen molar-refractivity contribution in [3.05, 3.63) is 83.1 Å². The SMILES string of the molecule is O=C(/C=C/c1ccc(-c2ccccc2)o1)NC(=S)Nc1cc(C(F)(F)F)ccc1Cl. The molecule has 0 aliphatic heterocycles. The number of carbonyl (C=O) groups excluding carboxylic acids is 1. The number of nitrogens with one attached hydrogen (secondary N) is 2. The summed E-state index contributed by atoms with van der Waals surface area (Å²) in [4.78, 5) is 12.0. The molecule has 0 unspecified atom stereocenters. The van der Waals surface area contributed by atoms with Crippen molar-refractivity contribution in [3.8, 4) is 11.3 Å².